The van der Waals surface area contributed by atoms with Crippen LogP contribution < -0.4 is 0 Å². The van der Waals surface area contributed by atoms with Gasteiger partial charge in [-0.2, -0.15) is 0 Å². The second-order valence-electron chi connectivity index (χ2n) is 25.1. The highest BCUT2D eigenvalue weighted by molar-refractivity contribution is 6.24. The van der Waals surface area contributed by atoms with Crippen molar-refractivity contribution in [1.82, 2.24) is 9.13 Å². The molecular formula is C92H58N2. The van der Waals surface area contributed by atoms with E-state index in [4.69, 9.17) is 0 Å². The van der Waals surface area contributed by atoms with Gasteiger partial charge in [0.25, 0.3) is 0 Å². The van der Waals surface area contributed by atoms with Gasteiger partial charge in [0.15, 0.2) is 0 Å². The van der Waals surface area contributed by atoms with Crippen molar-refractivity contribution >= 4 is 130 Å². The van der Waals surface area contributed by atoms with Gasteiger partial charge in [-0.15, -0.1) is 0 Å². The van der Waals surface area contributed by atoms with E-state index in [0.717, 1.165) is 0 Å². The summed E-state index contributed by atoms with van der Waals surface area (Å²) in [4.78, 5) is 0. The summed E-state index contributed by atoms with van der Waals surface area (Å²) in [5.41, 5.74) is 17.3. The van der Waals surface area contributed by atoms with Crippen LogP contribution in [-0.4, -0.2) is 9.13 Å². The third kappa shape index (κ3) is 8.80. The molecule has 0 aliphatic carbocycles. The molecule has 0 spiro atoms. The monoisotopic (exact) mass is 1190 g/mol. The summed E-state index contributed by atoms with van der Waals surface area (Å²) in [5, 5.41) is 25.3. The molecule has 0 amide bonds. The van der Waals surface area contributed by atoms with E-state index in [0.29, 0.717) is 0 Å². The highest BCUT2D eigenvalue weighted by atomic mass is 15.0. The fourth-order valence-corrected chi connectivity index (χ4v) is 15.3. The van der Waals surface area contributed by atoms with E-state index in [1.54, 1.807) is 0 Å². The Hall–Kier alpha value is -12.4. The third-order valence-electron chi connectivity index (χ3n) is 19.9. The van der Waals surface area contributed by atoms with Crippen molar-refractivity contribution in [1.29, 1.82) is 0 Å². The zero-order valence-electron chi connectivity index (χ0n) is 51.4. The quantitative estimate of drug-likeness (QED) is 0.157. The summed E-state index contributed by atoms with van der Waals surface area (Å²) in [7, 11) is 0. The molecule has 0 aliphatic heterocycles. The Bertz CT molecular complexity index is 6480. The predicted octanol–water partition coefficient (Wildman–Crippen LogP) is 25.5. The number of fused-ring (bicyclic) bond motifs is 16. The minimum absolute atomic E-state index is 1.21. The topological polar surface area (TPSA) is 9.86 Å². The molecule has 18 aromatic carbocycles. The SMILES string of the molecule is c1ccc2c(-c3ccc4cc(-c5ccc6c(ccc7c6c6ccccc6n7-c6cccc7ccccc67)c5)ccc4c3)cccc2c1.c1ccc2cc(-c3ccc4cc(-c5ccc6ccc7c(c6c5)c5ccccc5n7-c5cccc6ccccc56)ccc4c3)ccc2c1. The average Bonchev–Trinajstić information content (AvgIpc) is 1.57. The highest BCUT2D eigenvalue weighted by Crippen LogP contribution is 2.43. The van der Waals surface area contributed by atoms with Crippen LogP contribution in [0.5, 0.6) is 0 Å². The van der Waals surface area contributed by atoms with Crippen LogP contribution in [0.3, 0.4) is 0 Å². The number of aromatic nitrogens is 2. The van der Waals surface area contributed by atoms with E-state index < -0.39 is 0 Å². The fraction of sp³-hybridized carbons (Fsp3) is 0. The molecule has 0 N–H and O–H groups in total. The molecule has 0 radical (unpaired) electrons. The molecule has 94 heavy (non-hydrogen) atoms. The largest absolute Gasteiger partial charge is 0.309 e. The van der Waals surface area contributed by atoms with Gasteiger partial charge in [-0.1, -0.05) is 273 Å². The Morgan fingerprint density at radius 2 is 0.468 bits per heavy atom. The molecule has 0 bridgehead atoms. The first-order valence-electron chi connectivity index (χ1n) is 32.5. The molecule has 0 fully saturated rings. The van der Waals surface area contributed by atoms with Crippen molar-refractivity contribution < 1.29 is 0 Å². The van der Waals surface area contributed by atoms with Gasteiger partial charge in [0, 0.05) is 32.3 Å². The number of nitrogens with zero attached hydrogens (tertiary/aromatic N) is 2. The third-order valence-corrected chi connectivity index (χ3v) is 19.9. The molecule has 2 heteroatoms. The van der Waals surface area contributed by atoms with Crippen molar-refractivity contribution in [2.45, 2.75) is 0 Å². The van der Waals surface area contributed by atoms with E-state index in [1.165, 1.54) is 186 Å². The van der Waals surface area contributed by atoms with Crippen LogP contribution in [0.1, 0.15) is 0 Å². The van der Waals surface area contributed by atoms with Gasteiger partial charge in [0.05, 0.1) is 33.4 Å². The Balaban J connectivity index is 0.000000133. The van der Waals surface area contributed by atoms with E-state index in [-0.39, 0.29) is 0 Å². The van der Waals surface area contributed by atoms with Crippen LogP contribution in [0.15, 0.2) is 352 Å². The molecule has 0 saturated heterocycles. The van der Waals surface area contributed by atoms with Gasteiger partial charge in [-0.3, -0.25) is 0 Å². The van der Waals surface area contributed by atoms with Gasteiger partial charge in [0.1, 0.15) is 0 Å². The Morgan fingerprint density at radius 1 is 0.149 bits per heavy atom. The van der Waals surface area contributed by atoms with Crippen molar-refractivity contribution in [2.24, 2.45) is 0 Å². The molecule has 2 nitrogen and oxygen atoms in total. The highest BCUT2D eigenvalue weighted by Gasteiger charge is 2.20. The second kappa shape index (κ2) is 21.7. The maximum atomic E-state index is 2.45. The first-order chi connectivity index (χ1) is 46.6. The summed E-state index contributed by atoms with van der Waals surface area (Å²) >= 11 is 0. The Morgan fingerprint density at radius 3 is 1.01 bits per heavy atom. The summed E-state index contributed by atoms with van der Waals surface area (Å²) in [6.45, 7) is 0. The van der Waals surface area contributed by atoms with Crippen molar-refractivity contribution in [2.75, 3.05) is 0 Å². The van der Waals surface area contributed by atoms with Crippen LogP contribution in [-0.2, 0) is 0 Å². The summed E-state index contributed by atoms with van der Waals surface area (Å²) in [5.74, 6) is 0. The minimum atomic E-state index is 1.21. The first-order valence-corrected chi connectivity index (χ1v) is 32.5. The maximum Gasteiger partial charge on any atom is 0.0547 e. The second-order valence-corrected chi connectivity index (χ2v) is 25.1. The van der Waals surface area contributed by atoms with Gasteiger partial charge in [-0.05, 0) is 199 Å². The van der Waals surface area contributed by atoms with Gasteiger partial charge >= 0.3 is 0 Å². The number of hydrogen-bond acceptors (Lipinski definition) is 0. The molecule has 0 aliphatic rings. The Labute approximate surface area is 543 Å². The first kappa shape index (κ1) is 53.5. The lowest BCUT2D eigenvalue weighted by Gasteiger charge is -2.12. The lowest BCUT2D eigenvalue weighted by Crippen LogP contribution is -1.95. The molecule has 0 atom stereocenters. The molecule has 436 valence electrons. The van der Waals surface area contributed by atoms with Crippen LogP contribution in [0, 0.1) is 0 Å². The standard InChI is InChI=1S/2C46H29N/c1-3-13-38-30(9-1)11-7-16-39(38)36-22-21-33-27-32(19-20-34(33)28-36)35-23-25-41-37(29-35)24-26-45-46(41)42-15-5-6-17-44(42)47(45)43-18-8-12-31-10-2-4-14-40(31)43;1-2-10-33-26-34(18-16-30(33)8-1)35-20-21-37-28-38(23-22-36(37)27-35)39-19-17-32-24-25-45-46(42(32)29-39)41-13-5-6-14-44(41)47(45)43-15-7-11-31-9-3-4-12-40(31)43/h2*1-29H. The van der Waals surface area contributed by atoms with Crippen LogP contribution in [0.2, 0.25) is 0 Å². The van der Waals surface area contributed by atoms with Crippen molar-refractivity contribution in [3.8, 4) is 55.9 Å². The van der Waals surface area contributed by atoms with Crippen molar-refractivity contribution in [3.63, 3.8) is 0 Å². The number of benzene rings is 18. The van der Waals surface area contributed by atoms with Crippen LogP contribution in [0.25, 0.3) is 186 Å². The minimum Gasteiger partial charge on any atom is -0.309 e. The summed E-state index contributed by atoms with van der Waals surface area (Å²) in [6.07, 6.45) is 0. The molecule has 0 saturated carbocycles. The molecule has 2 aromatic heterocycles. The van der Waals surface area contributed by atoms with Crippen molar-refractivity contribution in [3.05, 3.63) is 352 Å². The predicted molar refractivity (Wildman–Crippen MR) is 403 cm³/mol. The fourth-order valence-electron chi connectivity index (χ4n) is 15.3. The van der Waals surface area contributed by atoms with E-state index in [2.05, 4.69) is 361 Å². The molecule has 0 unspecified atom stereocenters. The number of hydrogen-bond donors (Lipinski definition) is 0. The van der Waals surface area contributed by atoms with Gasteiger partial charge in [0.2, 0.25) is 0 Å². The van der Waals surface area contributed by atoms with Crippen LogP contribution >= 0.6 is 0 Å². The average molecular weight is 1190 g/mol. The van der Waals surface area contributed by atoms with Crippen LogP contribution in [0.4, 0.5) is 0 Å². The lowest BCUT2D eigenvalue weighted by molar-refractivity contribution is 1.20. The normalized spacial score (nSPS) is 11.8. The van der Waals surface area contributed by atoms with Gasteiger partial charge < -0.3 is 9.13 Å². The zero-order chi connectivity index (χ0) is 61.8. The molecule has 20 rings (SSSR count). The lowest BCUT2D eigenvalue weighted by atomic mass is 9.94. The zero-order valence-corrected chi connectivity index (χ0v) is 51.4. The number of para-hydroxylation sites is 2. The van der Waals surface area contributed by atoms with Gasteiger partial charge in [-0.25, -0.2) is 0 Å². The smallest absolute Gasteiger partial charge is 0.0547 e. The van der Waals surface area contributed by atoms with E-state index in [1.807, 2.05) is 0 Å². The summed E-state index contributed by atoms with van der Waals surface area (Å²) in [6, 6.07) is 129. The van der Waals surface area contributed by atoms with E-state index >= 15 is 0 Å². The maximum absolute atomic E-state index is 2.45. The van der Waals surface area contributed by atoms with E-state index in [9.17, 15) is 0 Å². The molecule has 20 aromatic rings. The molecule has 2 heterocycles. The summed E-state index contributed by atoms with van der Waals surface area (Å²) < 4.78 is 4.89. The molecular weight excluding hydrogens is 1130 g/mol. The number of rotatable bonds is 6. The Kier molecular flexibility index (Phi) is 12.3.